The van der Waals surface area contributed by atoms with Crippen molar-refractivity contribution in [1.29, 1.82) is 0 Å². The zero-order chi connectivity index (χ0) is 14.0. The summed E-state index contributed by atoms with van der Waals surface area (Å²) < 4.78 is 29.7. The van der Waals surface area contributed by atoms with Crippen molar-refractivity contribution in [2.45, 2.75) is 23.7 Å². The maximum absolute atomic E-state index is 11.9. The summed E-state index contributed by atoms with van der Waals surface area (Å²) in [7, 11) is -1.82. The van der Waals surface area contributed by atoms with Crippen LogP contribution < -0.4 is 10.1 Å². The highest BCUT2D eigenvalue weighted by atomic mass is 79.9. The van der Waals surface area contributed by atoms with E-state index in [9.17, 15) is 8.42 Å². The van der Waals surface area contributed by atoms with E-state index in [0.29, 0.717) is 16.1 Å². The molecule has 1 heterocycles. The average Bonchev–Trinajstić information content (AvgIpc) is 2.37. The molecule has 0 bridgehead atoms. The highest BCUT2D eigenvalue weighted by Gasteiger charge is 2.22. The Labute approximate surface area is 122 Å². The van der Waals surface area contributed by atoms with Crippen LogP contribution in [-0.4, -0.2) is 34.9 Å². The minimum absolute atomic E-state index is 0.255. The molecule has 1 fully saturated rings. The second-order valence-corrected chi connectivity index (χ2v) is 7.69. The predicted molar refractivity (Wildman–Crippen MR) is 78.6 cm³/mol. The van der Waals surface area contributed by atoms with Gasteiger partial charge in [0.05, 0.1) is 11.6 Å². The molecule has 106 valence electrons. The molecule has 2 rings (SSSR count). The molecule has 0 saturated carbocycles. The Kier molecular flexibility index (Phi) is 4.53. The van der Waals surface area contributed by atoms with Gasteiger partial charge in [0.25, 0.3) is 0 Å². The van der Waals surface area contributed by atoms with Crippen molar-refractivity contribution < 1.29 is 13.2 Å². The van der Waals surface area contributed by atoms with Crippen molar-refractivity contribution in [3.8, 4) is 5.75 Å². The fourth-order valence-corrected chi connectivity index (χ4v) is 4.08. The fourth-order valence-electron chi connectivity index (χ4n) is 2.43. The van der Waals surface area contributed by atoms with Crippen molar-refractivity contribution >= 4 is 25.8 Å². The lowest BCUT2D eigenvalue weighted by Gasteiger charge is -2.24. The number of rotatable bonds is 3. The first-order chi connectivity index (χ1) is 8.93. The summed E-state index contributed by atoms with van der Waals surface area (Å²) in [6.07, 6.45) is 3.40. The van der Waals surface area contributed by atoms with Crippen molar-refractivity contribution in [1.82, 2.24) is 5.32 Å². The Hall–Kier alpha value is -0.590. The molecular formula is C13H18BrNO3S. The Morgan fingerprint density at radius 2 is 2.16 bits per heavy atom. The number of halogens is 1. The molecule has 1 unspecified atom stereocenters. The number of sulfone groups is 1. The van der Waals surface area contributed by atoms with Crippen LogP contribution in [0.1, 0.15) is 24.3 Å². The van der Waals surface area contributed by atoms with Gasteiger partial charge in [0.1, 0.15) is 4.90 Å². The maximum Gasteiger partial charge on any atom is 0.179 e. The molecule has 0 spiro atoms. The van der Waals surface area contributed by atoms with E-state index in [1.54, 1.807) is 6.07 Å². The second kappa shape index (κ2) is 5.81. The topological polar surface area (TPSA) is 55.4 Å². The van der Waals surface area contributed by atoms with Gasteiger partial charge in [-0.3, -0.25) is 0 Å². The molecule has 0 amide bonds. The van der Waals surface area contributed by atoms with Crippen LogP contribution >= 0.6 is 15.9 Å². The number of ether oxygens (including phenoxy) is 1. The first kappa shape index (κ1) is 14.8. The van der Waals surface area contributed by atoms with Crippen molar-refractivity contribution in [2.75, 3.05) is 26.5 Å². The minimum Gasteiger partial charge on any atom is -0.494 e. The summed E-state index contributed by atoms with van der Waals surface area (Å²) >= 11 is 3.41. The third-order valence-corrected chi connectivity index (χ3v) is 5.09. The Balaban J connectivity index is 2.50. The van der Waals surface area contributed by atoms with Gasteiger partial charge in [-0.1, -0.05) is 0 Å². The zero-order valence-electron chi connectivity index (χ0n) is 11.1. The van der Waals surface area contributed by atoms with E-state index >= 15 is 0 Å². The molecule has 19 heavy (non-hydrogen) atoms. The first-order valence-corrected chi connectivity index (χ1v) is 8.90. The van der Waals surface area contributed by atoms with Crippen LogP contribution in [0.25, 0.3) is 0 Å². The minimum atomic E-state index is -3.30. The van der Waals surface area contributed by atoms with Gasteiger partial charge in [0.2, 0.25) is 0 Å². The number of hydrogen-bond donors (Lipinski definition) is 1. The van der Waals surface area contributed by atoms with E-state index < -0.39 is 9.84 Å². The molecular weight excluding hydrogens is 330 g/mol. The molecule has 1 aromatic carbocycles. The van der Waals surface area contributed by atoms with E-state index in [4.69, 9.17) is 4.74 Å². The number of hydrogen-bond acceptors (Lipinski definition) is 4. The lowest BCUT2D eigenvalue weighted by molar-refractivity contribution is 0.398. The monoisotopic (exact) mass is 347 g/mol. The number of methoxy groups -OCH3 is 1. The molecule has 1 saturated heterocycles. The summed E-state index contributed by atoms with van der Waals surface area (Å²) in [4.78, 5) is 0.255. The molecule has 1 aliphatic rings. The molecule has 0 aromatic heterocycles. The van der Waals surface area contributed by atoms with Crippen LogP contribution in [0, 0.1) is 0 Å². The normalized spacial score (nSPS) is 20.3. The van der Waals surface area contributed by atoms with Crippen LogP contribution in [0.2, 0.25) is 0 Å². The molecule has 1 N–H and O–H groups in total. The Bertz CT molecular complexity index is 565. The van der Waals surface area contributed by atoms with Gasteiger partial charge in [0, 0.05) is 12.8 Å². The van der Waals surface area contributed by atoms with Crippen LogP contribution in [0.4, 0.5) is 0 Å². The van der Waals surface area contributed by atoms with Gasteiger partial charge in [0.15, 0.2) is 15.6 Å². The number of piperidine rings is 1. The van der Waals surface area contributed by atoms with E-state index in [0.717, 1.165) is 31.5 Å². The second-order valence-electron chi connectivity index (χ2n) is 4.85. The molecule has 1 atom stereocenters. The third-order valence-electron chi connectivity index (χ3n) is 3.40. The number of benzene rings is 1. The van der Waals surface area contributed by atoms with Gasteiger partial charge >= 0.3 is 0 Å². The van der Waals surface area contributed by atoms with Gasteiger partial charge < -0.3 is 10.1 Å². The number of nitrogens with one attached hydrogen (secondary N) is 1. The summed E-state index contributed by atoms with van der Waals surface area (Å²) in [5.74, 6) is 0.742. The summed E-state index contributed by atoms with van der Waals surface area (Å²) in [5, 5.41) is 3.34. The lowest BCUT2D eigenvalue weighted by Crippen LogP contribution is -2.28. The van der Waals surface area contributed by atoms with Crippen molar-refractivity contribution in [3.63, 3.8) is 0 Å². The molecule has 1 aromatic rings. The molecule has 0 radical (unpaired) electrons. The van der Waals surface area contributed by atoms with Crippen LogP contribution in [-0.2, 0) is 9.84 Å². The predicted octanol–water partition coefficient (Wildman–Crippen LogP) is 2.33. The Morgan fingerprint density at radius 3 is 2.68 bits per heavy atom. The van der Waals surface area contributed by atoms with Crippen molar-refractivity contribution in [3.05, 3.63) is 22.2 Å². The Morgan fingerprint density at radius 1 is 1.42 bits per heavy atom. The maximum atomic E-state index is 11.9. The van der Waals surface area contributed by atoms with Crippen LogP contribution in [0.5, 0.6) is 5.75 Å². The average molecular weight is 348 g/mol. The molecule has 0 aliphatic carbocycles. The van der Waals surface area contributed by atoms with E-state index in [1.807, 2.05) is 6.07 Å². The quantitative estimate of drug-likeness (QED) is 0.911. The first-order valence-electron chi connectivity index (χ1n) is 6.21. The molecule has 1 aliphatic heterocycles. The fraction of sp³-hybridized carbons (Fsp3) is 0.538. The largest absolute Gasteiger partial charge is 0.494 e. The highest BCUT2D eigenvalue weighted by molar-refractivity contribution is 9.10. The highest BCUT2D eigenvalue weighted by Crippen LogP contribution is 2.37. The standard InChI is InChI=1S/C13H18BrNO3S/c1-18-13-11(14)6-10(7-12(13)19(2,16)17)9-4-3-5-15-8-9/h6-7,9,15H,3-5,8H2,1-2H3. The van der Waals surface area contributed by atoms with E-state index in [-0.39, 0.29) is 4.90 Å². The van der Waals surface area contributed by atoms with Gasteiger partial charge in [-0.2, -0.15) is 0 Å². The molecule has 4 nitrogen and oxygen atoms in total. The van der Waals surface area contributed by atoms with Crippen molar-refractivity contribution in [2.24, 2.45) is 0 Å². The SMILES string of the molecule is COc1c(Br)cc(C2CCCNC2)cc1S(C)(=O)=O. The van der Waals surface area contributed by atoms with Gasteiger partial charge in [-0.15, -0.1) is 0 Å². The third kappa shape index (κ3) is 3.30. The zero-order valence-corrected chi connectivity index (χ0v) is 13.5. The lowest BCUT2D eigenvalue weighted by atomic mass is 9.92. The summed E-state index contributed by atoms with van der Waals surface area (Å²) in [6, 6.07) is 3.71. The van der Waals surface area contributed by atoms with Gasteiger partial charge in [-0.25, -0.2) is 8.42 Å². The smallest absolute Gasteiger partial charge is 0.179 e. The van der Waals surface area contributed by atoms with Crippen LogP contribution in [0.3, 0.4) is 0 Å². The summed E-state index contributed by atoms with van der Waals surface area (Å²) in [6.45, 7) is 1.93. The molecule has 6 heteroatoms. The van der Waals surface area contributed by atoms with E-state index in [2.05, 4.69) is 21.2 Å². The summed E-state index contributed by atoms with van der Waals surface area (Å²) in [5.41, 5.74) is 1.04. The van der Waals surface area contributed by atoms with E-state index in [1.165, 1.54) is 13.4 Å². The van der Waals surface area contributed by atoms with Gasteiger partial charge in [-0.05, 0) is 58.9 Å². The van der Waals surface area contributed by atoms with Crippen LogP contribution in [0.15, 0.2) is 21.5 Å².